The zero-order valence-corrected chi connectivity index (χ0v) is 15.2. The van der Waals surface area contributed by atoms with Gasteiger partial charge in [-0.2, -0.15) is 0 Å². The molecule has 0 heterocycles. The van der Waals surface area contributed by atoms with Crippen LogP contribution in [-0.4, -0.2) is 12.2 Å². The van der Waals surface area contributed by atoms with Gasteiger partial charge in [-0.15, -0.1) is 0 Å². The highest BCUT2D eigenvalue weighted by molar-refractivity contribution is 5.22. The summed E-state index contributed by atoms with van der Waals surface area (Å²) in [5.41, 5.74) is 1.16. The highest BCUT2D eigenvalue weighted by Gasteiger charge is 2.73. The van der Waals surface area contributed by atoms with Gasteiger partial charge in [0.05, 0.1) is 5.60 Å². The van der Waals surface area contributed by atoms with Crippen molar-refractivity contribution in [2.24, 2.45) is 34.5 Å². The normalized spacial score (nSPS) is 46.0. The van der Waals surface area contributed by atoms with Crippen LogP contribution in [0.15, 0.2) is 0 Å². The van der Waals surface area contributed by atoms with Crippen molar-refractivity contribution in [1.29, 1.82) is 0 Å². The maximum Gasteiger partial charge on any atom is 0.0751 e. The van der Waals surface area contributed by atoms with E-state index in [9.17, 15) is 0 Å². The Balaban J connectivity index is 1.81. The standard InChI is InChI=1S/C20H36O/c1-7-8-9-12-21-20-13-15(20)10-11-16-17(20)19(5,6)14(2)18(16,3)4/h14-17H,7-13H2,1-6H3. The number of ether oxygens (including phenoxy) is 1. The molecule has 0 radical (unpaired) electrons. The maximum atomic E-state index is 6.64. The van der Waals surface area contributed by atoms with Crippen LogP contribution in [0.25, 0.3) is 0 Å². The van der Waals surface area contributed by atoms with E-state index in [0.29, 0.717) is 10.8 Å². The van der Waals surface area contributed by atoms with E-state index in [1.54, 1.807) is 0 Å². The van der Waals surface area contributed by atoms with Crippen LogP contribution in [0.2, 0.25) is 0 Å². The van der Waals surface area contributed by atoms with Gasteiger partial charge in [0.25, 0.3) is 0 Å². The second-order valence-corrected chi connectivity index (χ2v) is 9.44. The van der Waals surface area contributed by atoms with Crippen molar-refractivity contribution in [2.75, 3.05) is 6.61 Å². The average molecular weight is 293 g/mol. The van der Waals surface area contributed by atoms with Crippen LogP contribution in [0.1, 0.15) is 80.1 Å². The van der Waals surface area contributed by atoms with E-state index < -0.39 is 0 Å². The molecule has 3 fully saturated rings. The quantitative estimate of drug-likeness (QED) is 0.592. The van der Waals surface area contributed by atoms with E-state index in [1.807, 2.05) is 0 Å². The summed E-state index contributed by atoms with van der Waals surface area (Å²) in [6.45, 7) is 15.9. The molecular formula is C20H36O. The van der Waals surface area contributed by atoms with Crippen molar-refractivity contribution in [3.05, 3.63) is 0 Å². The molecule has 21 heavy (non-hydrogen) atoms. The monoisotopic (exact) mass is 292 g/mol. The fraction of sp³-hybridized carbons (Fsp3) is 1.00. The molecule has 3 rings (SSSR count). The Bertz CT molecular complexity index is 397. The lowest BCUT2D eigenvalue weighted by molar-refractivity contribution is -0.0871. The predicted octanol–water partition coefficient (Wildman–Crippen LogP) is 5.68. The van der Waals surface area contributed by atoms with Crippen molar-refractivity contribution < 1.29 is 4.74 Å². The minimum absolute atomic E-state index is 0.266. The second-order valence-electron chi connectivity index (χ2n) is 9.44. The van der Waals surface area contributed by atoms with Crippen LogP contribution in [0.3, 0.4) is 0 Å². The Hall–Kier alpha value is -0.0400. The minimum atomic E-state index is 0.266. The molecule has 3 aliphatic carbocycles. The molecule has 0 bridgehead atoms. The molecule has 3 saturated carbocycles. The van der Waals surface area contributed by atoms with Crippen molar-refractivity contribution >= 4 is 0 Å². The van der Waals surface area contributed by atoms with E-state index in [2.05, 4.69) is 41.5 Å². The molecule has 0 N–H and O–H groups in total. The van der Waals surface area contributed by atoms with Gasteiger partial charge in [0.2, 0.25) is 0 Å². The Morgan fingerprint density at radius 3 is 2.38 bits per heavy atom. The molecule has 0 saturated heterocycles. The SMILES string of the molecule is CCCCCOC12CC1CCC1C2C(C)(C)C(C)C1(C)C. The zero-order valence-electron chi connectivity index (χ0n) is 15.2. The van der Waals surface area contributed by atoms with Gasteiger partial charge in [-0.3, -0.25) is 0 Å². The van der Waals surface area contributed by atoms with Gasteiger partial charge in [0.15, 0.2) is 0 Å². The van der Waals surface area contributed by atoms with Crippen LogP contribution in [0.4, 0.5) is 0 Å². The van der Waals surface area contributed by atoms with Crippen LogP contribution in [0, 0.1) is 34.5 Å². The number of unbranched alkanes of at least 4 members (excludes halogenated alkanes) is 2. The largest absolute Gasteiger partial charge is 0.374 e. The van der Waals surface area contributed by atoms with Crippen LogP contribution in [-0.2, 0) is 4.74 Å². The predicted molar refractivity (Wildman–Crippen MR) is 89.3 cm³/mol. The first-order chi connectivity index (χ1) is 9.78. The second kappa shape index (κ2) is 4.98. The molecule has 1 nitrogen and oxygen atoms in total. The van der Waals surface area contributed by atoms with E-state index in [1.165, 1.54) is 38.5 Å². The lowest BCUT2D eigenvalue weighted by Crippen LogP contribution is -2.43. The molecule has 3 aliphatic rings. The van der Waals surface area contributed by atoms with Gasteiger partial charge >= 0.3 is 0 Å². The van der Waals surface area contributed by atoms with Gasteiger partial charge in [-0.1, -0.05) is 54.4 Å². The first-order valence-electron chi connectivity index (χ1n) is 9.42. The molecule has 0 aromatic carbocycles. The van der Waals surface area contributed by atoms with Crippen molar-refractivity contribution in [3.63, 3.8) is 0 Å². The third-order valence-electron chi connectivity index (χ3n) is 7.96. The highest BCUT2D eigenvalue weighted by Crippen LogP contribution is 2.74. The summed E-state index contributed by atoms with van der Waals surface area (Å²) in [7, 11) is 0. The first-order valence-corrected chi connectivity index (χ1v) is 9.42. The fourth-order valence-corrected chi connectivity index (χ4v) is 6.32. The fourth-order valence-electron chi connectivity index (χ4n) is 6.32. The van der Waals surface area contributed by atoms with Gasteiger partial charge in [0.1, 0.15) is 0 Å². The van der Waals surface area contributed by atoms with Gasteiger partial charge in [0, 0.05) is 6.61 Å². The summed E-state index contributed by atoms with van der Waals surface area (Å²) in [4.78, 5) is 0. The minimum Gasteiger partial charge on any atom is -0.374 e. The van der Waals surface area contributed by atoms with Crippen LogP contribution < -0.4 is 0 Å². The lowest BCUT2D eigenvalue weighted by Gasteiger charge is -2.43. The summed E-state index contributed by atoms with van der Waals surface area (Å²) in [5.74, 6) is 3.32. The molecule has 0 amide bonds. The van der Waals surface area contributed by atoms with Gasteiger partial charge in [-0.25, -0.2) is 0 Å². The molecule has 122 valence electrons. The Kier molecular flexibility index (Phi) is 3.76. The molecule has 0 aromatic rings. The van der Waals surface area contributed by atoms with Crippen molar-refractivity contribution in [3.8, 4) is 0 Å². The summed E-state index contributed by atoms with van der Waals surface area (Å²) >= 11 is 0. The van der Waals surface area contributed by atoms with Crippen molar-refractivity contribution in [1.82, 2.24) is 0 Å². The summed E-state index contributed by atoms with van der Waals surface area (Å²) in [6.07, 6.45) is 8.08. The molecule has 1 heteroatoms. The van der Waals surface area contributed by atoms with Gasteiger partial charge in [-0.05, 0) is 60.2 Å². The molecule has 0 aliphatic heterocycles. The van der Waals surface area contributed by atoms with E-state index in [0.717, 1.165) is 30.3 Å². The van der Waals surface area contributed by atoms with Crippen molar-refractivity contribution in [2.45, 2.75) is 85.7 Å². The number of hydrogen-bond donors (Lipinski definition) is 0. The molecular weight excluding hydrogens is 256 g/mol. The Morgan fingerprint density at radius 1 is 1.00 bits per heavy atom. The lowest BCUT2D eigenvalue weighted by atomic mass is 9.67. The molecule has 5 unspecified atom stereocenters. The van der Waals surface area contributed by atoms with E-state index >= 15 is 0 Å². The Labute approximate surface area is 132 Å². The topological polar surface area (TPSA) is 9.23 Å². The maximum absolute atomic E-state index is 6.64. The first kappa shape index (κ1) is 15.8. The third-order valence-corrected chi connectivity index (χ3v) is 7.96. The number of hydrogen-bond acceptors (Lipinski definition) is 1. The average Bonchev–Trinajstić information content (AvgIpc) is 3.12. The Morgan fingerprint density at radius 2 is 1.71 bits per heavy atom. The molecule has 0 aromatic heterocycles. The van der Waals surface area contributed by atoms with E-state index in [4.69, 9.17) is 4.74 Å². The van der Waals surface area contributed by atoms with Gasteiger partial charge < -0.3 is 4.74 Å². The highest BCUT2D eigenvalue weighted by atomic mass is 16.5. The molecule has 5 atom stereocenters. The van der Waals surface area contributed by atoms with E-state index in [-0.39, 0.29) is 5.60 Å². The summed E-state index contributed by atoms with van der Waals surface area (Å²) in [6, 6.07) is 0. The number of rotatable bonds is 5. The zero-order chi connectivity index (χ0) is 15.5. The summed E-state index contributed by atoms with van der Waals surface area (Å²) < 4.78 is 6.64. The molecule has 0 spiro atoms. The van der Waals surface area contributed by atoms with Crippen LogP contribution >= 0.6 is 0 Å². The summed E-state index contributed by atoms with van der Waals surface area (Å²) in [5, 5.41) is 0. The number of fused-ring (bicyclic) bond motifs is 3. The smallest absolute Gasteiger partial charge is 0.0751 e. The third kappa shape index (κ3) is 2.13. The van der Waals surface area contributed by atoms with Crippen LogP contribution in [0.5, 0.6) is 0 Å².